The Morgan fingerprint density at radius 2 is 2.15 bits per heavy atom. The Bertz CT molecular complexity index is 502. The summed E-state index contributed by atoms with van der Waals surface area (Å²) in [6.07, 6.45) is 6.33. The minimum Gasteiger partial charge on any atom is -0.376 e. The van der Waals surface area contributed by atoms with E-state index in [1.54, 1.807) is 12.1 Å². The van der Waals surface area contributed by atoms with Gasteiger partial charge in [0.05, 0.1) is 4.92 Å². The predicted octanol–water partition coefficient (Wildman–Crippen LogP) is 3.79. The largest absolute Gasteiger partial charge is 0.376 e. The molecule has 20 heavy (non-hydrogen) atoms. The van der Waals surface area contributed by atoms with Gasteiger partial charge in [0.2, 0.25) is 0 Å². The van der Waals surface area contributed by atoms with Crippen LogP contribution in [0.5, 0.6) is 0 Å². The fraction of sp³-hybridized carbons (Fsp3) is 0.533. The van der Waals surface area contributed by atoms with Crippen molar-refractivity contribution in [2.75, 3.05) is 5.32 Å². The first-order valence-electron chi connectivity index (χ1n) is 7.16. The lowest BCUT2D eigenvalue weighted by Gasteiger charge is -2.32. The number of nitrogens with zero attached hydrogens (tertiary/aromatic N) is 1. The van der Waals surface area contributed by atoms with Gasteiger partial charge in [-0.2, -0.15) is 0 Å². The number of nitro groups is 1. The van der Waals surface area contributed by atoms with Crippen molar-refractivity contribution >= 4 is 17.7 Å². The van der Waals surface area contributed by atoms with Gasteiger partial charge in [-0.3, -0.25) is 14.9 Å². The number of carbonyl (C=O) groups is 1. The number of rotatable bonds is 5. The van der Waals surface area contributed by atoms with E-state index in [1.165, 1.54) is 18.9 Å². The topological polar surface area (TPSA) is 72.2 Å². The van der Waals surface area contributed by atoms with Gasteiger partial charge >= 0.3 is 0 Å². The monoisotopic (exact) mass is 276 g/mol. The Morgan fingerprint density at radius 1 is 1.40 bits per heavy atom. The van der Waals surface area contributed by atoms with Crippen molar-refractivity contribution in [1.29, 1.82) is 0 Å². The van der Waals surface area contributed by atoms with Crippen LogP contribution >= 0.6 is 0 Å². The lowest BCUT2D eigenvalue weighted by Crippen LogP contribution is -2.32. The molecule has 1 saturated carbocycles. The van der Waals surface area contributed by atoms with Crippen LogP contribution in [0.2, 0.25) is 0 Å². The third-order valence-corrected chi connectivity index (χ3v) is 4.13. The fourth-order valence-electron chi connectivity index (χ4n) is 2.98. The summed E-state index contributed by atoms with van der Waals surface area (Å²) in [7, 11) is 0. The molecule has 0 bridgehead atoms. The summed E-state index contributed by atoms with van der Waals surface area (Å²) >= 11 is 0. The molecule has 0 heterocycles. The molecular weight excluding hydrogens is 256 g/mol. The quantitative estimate of drug-likeness (QED) is 0.504. The van der Waals surface area contributed by atoms with Crippen LogP contribution in [0.15, 0.2) is 18.2 Å². The molecule has 1 aliphatic carbocycles. The summed E-state index contributed by atoms with van der Waals surface area (Å²) in [5.41, 5.74) is 0.832. The van der Waals surface area contributed by atoms with Gasteiger partial charge in [0, 0.05) is 17.7 Å². The highest BCUT2D eigenvalue weighted by molar-refractivity contribution is 5.79. The van der Waals surface area contributed by atoms with E-state index >= 15 is 0 Å². The van der Waals surface area contributed by atoms with E-state index in [4.69, 9.17) is 0 Å². The highest BCUT2D eigenvalue weighted by Gasteiger charge is 2.25. The molecule has 1 aromatic rings. The second-order valence-corrected chi connectivity index (χ2v) is 5.36. The first kappa shape index (κ1) is 14.5. The molecule has 5 nitrogen and oxygen atoms in total. The van der Waals surface area contributed by atoms with Crippen molar-refractivity contribution in [3.63, 3.8) is 0 Å². The average Bonchev–Trinajstić information content (AvgIpc) is 2.48. The molecule has 108 valence electrons. The minimum absolute atomic E-state index is 0.0185. The minimum atomic E-state index is -0.431. The van der Waals surface area contributed by atoms with Gasteiger partial charge in [-0.1, -0.05) is 26.2 Å². The lowest BCUT2D eigenvalue weighted by molar-refractivity contribution is -0.384. The molecule has 0 amide bonds. The van der Waals surface area contributed by atoms with E-state index in [0.717, 1.165) is 19.3 Å². The molecule has 2 rings (SSSR count). The Labute approximate surface area is 118 Å². The van der Waals surface area contributed by atoms with Gasteiger partial charge in [-0.25, -0.2) is 0 Å². The van der Waals surface area contributed by atoms with Crippen molar-refractivity contribution in [3.05, 3.63) is 33.9 Å². The molecule has 0 aliphatic heterocycles. The van der Waals surface area contributed by atoms with Crippen LogP contribution in [0, 0.1) is 16.0 Å². The van der Waals surface area contributed by atoms with E-state index in [9.17, 15) is 14.9 Å². The summed E-state index contributed by atoms with van der Waals surface area (Å²) in [5, 5.41) is 14.5. The number of hydrogen-bond acceptors (Lipinski definition) is 4. The van der Waals surface area contributed by atoms with E-state index in [1.807, 2.05) is 0 Å². The molecule has 1 aromatic carbocycles. The van der Waals surface area contributed by atoms with Crippen molar-refractivity contribution in [1.82, 2.24) is 0 Å². The van der Waals surface area contributed by atoms with Crippen LogP contribution in [0.1, 0.15) is 49.4 Å². The van der Waals surface area contributed by atoms with Crippen molar-refractivity contribution in [2.24, 2.45) is 5.92 Å². The number of hydrogen-bond donors (Lipinski definition) is 1. The summed E-state index contributed by atoms with van der Waals surface area (Å²) < 4.78 is 0. The normalized spacial score (nSPS) is 22.2. The molecular formula is C15H20N2O3. The summed E-state index contributed by atoms with van der Waals surface area (Å²) in [6.45, 7) is 2.16. The number of aldehydes is 1. The maximum absolute atomic E-state index is 11.1. The Kier molecular flexibility index (Phi) is 4.71. The third kappa shape index (κ3) is 3.15. The zero-order valence-corrected chi connectivity index (χ0v) is 11.7. The highest BCUT2D eigenvalue weighted by Crippen LogP contribution is 2.32. The maximum Gasteiger partial charge on any atom is 0.293 e. The first-order chi connectivity index (χ1) is 9.65. The molecule has 2 atom stereocenters. The SMILES string of the molecule is CCC1CCCCC1Nc1ccc(C=O)cc1[N+](=O)[O-]. The molecule has 0 spiro atoms. The van der Waals surface area contributed by atoms with Gasteiger partial charge in [-0.15, -0.1) is 0 Å². The van der Waals surface area contributed by atoms with Crippen LogP contribution in [0.25, 0.3) is 0 Å². The van der Waals surface area contributed by atoms with E-state index in [-0.39, 0.29) is 11.7 Å². The van der Waals surface area contributed by atoms with Crippen LogP contribution in [0.3, 0.4) is 0 Å². The van der Waals surface area contributed by atoms with Crippen molar-refractivity contribution in [3.8, 4) is 0 Å². The van der Waals surface area contributed by atoms with Crippen LogP contribution < -0.4 is 5.32 Å². The Morgan fingerprint density at radius 3 is 2.80 bits per heavy atom. The van der Waals surface area contributed by atoms with E-state index < -0.39 is 4.92 Å². The maximum atomic E-state index is 11.1. The summed E-state index contributed by atoms with van der Waals surface area (Å²) in [6, 6.07) is 4.88. The number of benzene rings is 1. The van der Waals surface area contributed by atoms with Crippen molar-refractivity contribution in [2.45, 2.75) is 45.1 Å². The van der Waals surface area contributed by atoms with Gasteiger partial charge in [0.15, 0.2) is 0 Å². The second kappa shape index (κ2) is 6.50. The smallest absolute Gasteiger partial charge is 0.293 e. The van der Waals surface area contributed by atoms with Crippen molar-refractivity contribution < 1.29 is 9.72 Å². The number of nitro benzene ring substituents is 1. The zero-order chi connectivity index (χ0) is 14.5. The molecule has 1 aliphatic rings. The average molecular weight is 276 g/mol. The zero-order valence-electron chi connectivity index (χ0n) is 11.7. The Hall–Kier alpha value is -1.91. The molecule has 0 aromatic heterocycles. The van der Waals surface area contributed by atoms with Crippen LogP contribution in [-0.4, -0.2) is 17.3 Å². The lowest BCUT2D eigenvalue weighted by atomic mass is 9.82. The number of anilines is 1. The van der Waals surface area contributed by atoms with Crippen LogP contribution in [-0.2, 0) is 0 Å². The van der Waals surface area contributed by atoms with Gasteiger partial charge < -0.3 is 5.32 Å². The third-order valence-electron chi connectivity index (χ3n) is 4.13. The van der Waals surface area contributed by atoms with E-state index in [0.29, 0.717) is 23.5 Å². The molecule has 5 heteroatoms. The highest BCUT2D eigenvalue weighted by atomic mass is 16.6. The predicted molar refractivity (Wildman–Crippen MR) is 78.1 cm³/mol. The molecule has 2 unspecified atom stereocenters. The summed E-state index contributed by atoms with van der Waals surface area (Å²) in [5.74, 6) is 0.564. The molecule has 0 saturated heterocycles. The fourth-order valence-corrected chi connectivity index (χ4v) is 2.98. The second-order valence-electron chi connectivity index (χ2n) is 5.36. The number of carbonyl (C=O) groups excluding carboxylic acids is 1. The van der Waals surface area contributed by atoms with Gasteiger partial charge in [-0.05, 0) is 30.9 Å². The molecule has 0 radical (unpaired) electrons. The molecule has 1 N–H and O–H groups in total. The van der Waals surface area contributed by atoms with Gasteiger partial charge in [0.25, 0.3) is 5.69 Å². The Balaban J connectivity index is 2.23. The van der Waals surface area contributed by atoms with Gasteiger partial charge in [0.1, 0.15) is 12.0 Å². The standard InChI is InChI=1S/C15H20N2O3/c1-2-12-5-3-4-6-13(12)16-14-8-7-11(10-18)9-15(14)17(19)20/h7-10,12-13,16H,2-6H2,1H3. The molecule has 1 fully saturated rings. The number of nitrogens with one attached hydrogen (secondary N) is 1. The summed E-state index contributed by atoms with van der Waals surface area (Å²) in [4.78, 5) is 21.4. The van der Waals surface area contributed by atoms with Crippen LogP contribution in [0.4, 0.5) is 11.4 Å². The first-order valence-corrected chi connectivity index (χ1v) is 7.16. The van der Waals surface area contributed by atoms with E-state index in [2.05, 4.69) is 12.2 Å².